The third-order valence-corrected chi connectivity index (χ3v) is 4.77. The number of methoxy groups -OCH3 is 1. The van der Waals surface area contributed by atoms with Crippen LogP contribution in [0.15, 0.2) is 24.3 Å². The van der Waals surface area contributed by atoms with E-state index >= 15 is 0 Å². The van der Waals surface area contributed by atoms with Crippen LogP contribution in [0.1, 0.15) is 36.2 Å². The number of hydrogen-bond donors (Lipinski definition) is 1. The second-order valence-electron chi connectivity index (χ2n) is 6.73. The molecule has 0 saturated carbocycles. The molecule has 9 heteroatoms. The number of fused-ring (bicyclic) bond motifs is 1. The van der Waals surface area contributed by atoms with Crippen molar-refractivity contribution in [2.75, 3.05) is 20.3 Å². The number of nitrogens with one attached hydrogen (secondary N) is 1. The van der Waals surface area contributed by atoms with Gasteiger partial charge in [-0.15, -0.1) is 0 Å². The molecule has 3 amide bonds. The summed E-state index contributed by atoms with van der Waals surface area (Å²) in [5.41, 5.74) is 0.956. The molecular weight excluding hydrogens is 380 g/mol. The Labute approximate surface area is 168 Å². The lowest BCUT2D eigenvalue weighted by molar-refractivity contribution is -0.152. The molecule has 0 saturated heterocycles. The lowest BCUT2D eigenvalue weighted by atomic mass is 9.98. The van der Waals surface area contributed by atoms with Crippen molar-refractivity contribution in [2.24, 2.45) is 5.92 Å². The fraction of sp³-hybridized carbons (Fsp3) is 0.450. The maximum Gasteiger partial charge on any atom is 0.328 e. The van der Waals surface area contributed by atoms with Gasteiger partial charge in [0, 0.05) is 5.56 Å². The van der Waals surface area contributed by atoms with E-state index in [1.165, 1.54) is 7.11 Å². The maximum absolute atomic E-state index is 12.4. The van der Waals surface area contributed by atoms with E-state index in [9.17, 15) is 24.0 Å². The molecule has 29 heavy (non-hydrogen) atoms. The first-order valence-electron chi connectivity index (χ1n) is 9.23. The minimum absolute atomic E-state index is 0.00535. The molecule has 1 aromatic rings. The molecule has 9 nitrogen and oxygen atoms in total. The van der Waals surface area contributed by atoms with Gasteiger partial charge in [-0.2, -0.15) is 0 Å². The average Bonchev–Trinajstić information content (AvgIpc) is 2.72. The number of benzene rings is 1. The van der Waals surface area contributed by atoms with Crippen molar-refractivity contribution in [3.05, 3.63) is 35.4 Å². The van der Waals surface area contributed by atoms with Crippen LogP contribution >= 0.6 is 0 Å². The lowest BCUT2D eigenvalue weighted by Crippen LogP contribution is -2.48. The number of carbonyl (C=O) groups is 5. The smallest absolute Gasteiger partial charge is 0.328 e. The molecule has 0 spiro atoms. The minimum Gasteiger partial charge on any atom is -0.467 e. The highest BCUT2D eigenvalue weighted by molar-refractivity contribution is 6.11. The number of amides is 3. The van der Waals surface area contributed by atoms with E-state index in [-0.39, 0.29) is 12.3 Å². The molecule has 2 rings (SSSR count). The van der Waals surface area contributed by atoms with Crippen molar-refractivity contribution in [3.8, 4) is 0 Å². The van der Waals surface area contributed by atoms with Gasteiger partial charge in [-0.1, -0.05) is 38.5 Å². The third kappa shape index (κ3) is 5.40. The van der Waals surface area contributed by atoms with E-state index in [1.807, 2.05) is 6.92 Å². The zero-order valence-corrected chi connectivity index (χ0v) is 16.6. The van der Waals surface area contributed by atoms with Gasteiger partial charge < -0.3 is 14.8 Å². The highest BCUT2D eigenvalue weighted by atomic mass is 16.5. The monoisotopic (exact) mass is 404 g/mol. The van der Waals surface area contributed by atoms with E-state index in [2.05, 4.69) is 10.1 Å². The van der Waals surface area contributed by atoms with Crippen molar-refractivity contribution >= 4 is 29.7 Å². The molecule has 0 unspecified atom stereocenters. The van der Waals surface area contributed by atoms with Crippen LogP contribution in [0.4, 0.5) is 0 Å². The highest BCUT2D eigenvalue weighted by Crippen LogP contribution is 2.19. The van der Waals surface area contributed by atoms with Crippen LogP contribution in [0.2, 0.25) is 0 Å². The van der Waals surface area contributed by atoms with E-state index in [0.29, 0.717) is 17.5 Å². The zero-order valence-electron chi connectivity index (χ0n) is 16.6. The highest BCUT2D eigenvalue weighted by Gasteiger charge is 2.33. The molecule has 0 aromatic heterocycles. The second-order valence-corrected chi connectivity index (χ2v) is 6.73. The summed E-state index contributed by atoms with van der Waals surface area (Å²) in [6.07, 6.45) is 0.631. The first-order chi connectivity index (χ1) is 13.8. The number of ether oxygens (including phenoxy) is 2. The lowest BCUT2D eigenvalue weighted by Gasteiger charge is -2.26. The van der Waals surface area contributed by atoms with Crippen LogP contribution in [0.5, 0.6) is 0 Å². The number of hydrogen-bond acceptors (Lipinski definition) is 7. The quantitative estimate of drug-likeness (QED) is 0.494. The van der Waals surface area contributed by atoms with Crippen molar-refractivity contribution in [1.29, 1.82) is 0 Å². The molecule has 0 radical (unpaired) electrons. The van der Waals surface area contributed by atoms with Crippen molar-refractivity contribution in [1.82, 2.24) is 10.2 Å². The Bertz CT molecular complexity index is 821. The van der Waals surface area contributed by atoms with Gasteiger partial charge in [0.25, 0.3) is 11.8 Å². The minimum atomic E-state index is -0.903. The predicted octanol–water partition coefficient (Wildman–Crippen LogP) is 0.459. The maximum atomic E-state index is 12.4. The first kappa shape index (κ1) is 22.1. The summed E-state index contributed by atoms with van der Waals surface area (Å²) >= 11 is 0. The summed E-state index contributed by atoms with van der Waals surface area (Å²) < 4.78 is 9.54. The van der Waals surface area contributed by atoms with Gasteiger partial charge in [0.2, 0.25) is 5.91 Å². The SMILES string of the molecule is CC[C@H](C)[C@@H](NC(=O)COC(=O)CN1C(=O)Cc2ccccc2C1=O)C(=O)OC. The van der Waals surface area contributed by atoms with Crippen molar-refractivity contribution < 1.29 is 33.4 Å². The van der Waals surface area contributed by atoms with Gasteiger partial charge in [0.05, 0.1) is 13.5 Å². The topological polar surface area (TPSA) is 119 Å². The predicted molar refractivity (Wildman–Crippen MR) is 101 cm³/mol. The fourth-order valence-electron chi connectivity index (χ4n) is 2.89. The molecule has 1 heterocycles. The molecule has 0 bridgehead atoms. The van der Waals surface area contributed by atoms with Crippen LogP contribution in [0, 0.1) is 5.92 Å². The Morgan fingerprint density at radius 1 is 1.21 bits per heavy atom. The summed E-state index contributed by atoms with van der Waals surface area (Å²) in [6, 6.07) is 5.79. The van der Waals surface area contributed by atoms with E-state index in [1.54, 1.807) is 31.2 Å². The van der Waals surface area contributed by atoms with Crippen molar-refractivity contribution in [2.45, 2.75) is 32.7 Å². The summed E-state index contributed by atoms with van der Waals surface area (Å²) in [6.45, 7) is 2.40. The number of nitrogens with zero attached hydrogens (tertiary/aromatic N) is 1. The van der Waals surface area contributed by atoms with Gasteiger partial charge in [0.15, 0.2) is 6.61 Å². The summed E-state index contributed by atoms with van der Waals surface area (Å²) in [4.78, 5) is 61.3. The number of rotatable bonds is 8. The van der Waals surface area contributed by atoms with Crippen LogP contribution in [0.3, 0.4) is 0 Å². The van der Waals surface area contributed by atoms with Crippen LogP contribution in [-0.2, 0) is 35.1 Å². The Morgan fingerprint density at radius 3 is 2.55 bits per heavy atom. The zero-order chi connectivity index (χ0) is 21.6. The van der Waals surface area contributed by atoms with E-state index < -0.39 is 48.9 Å². The standard InChI is InChI=1S/C20H24N2O7/c1-4-12(2)18(20(27)28-3)21-15(23)11-29-17(25)10-22-16(24)9-13-7-5-6-8-14(13)19(22)26/h5-8,12,18H,4,9-11H2,1-3H3,(H,21,23)/t12-,18+/m0/s1. The van der Waals surface area contributed by atoms with Crippen LogP contribution < -0.4 is 5.32 Å². The second kappa shape index (κ2) is 9.81. The molecule has 1 aliphatic rings. The van der Waals surface area contributed by atoms with Gasteiger partial charge in [-0.3, -0.25) is 24.1 Å². The van der Waals surface area contributed by atoms with Gasteiger partial charge in [-0.05, 0) is 17.5 Å². The number of carbonyl (C=O) groups excluding carboxylic acids is 5. The van der Waals surface area contributed by atoms with Gasteiger partial charge >= 0.3 is 11.9 Å². The van der Waals surface area contributed by atoms with Crippen LogP contribution in [0.25, 0.3) is 0 Å². The Balaban J connectivity index is 1.91. The number of imide groups is 1. The van der Waals surface area contributed by atoms with Gasteiger partial charge in [0.1, 0.15) is 12.6 Å². The average molecular weight is 404 g/mol. The largest absolute Gasteiger partial charge is 0.467 e. The van der Waals surface area contributed by atoms with E-state index in [4.69, 9.17) is 4.74 Å². The molecule has 1 aromatic carbocycles. The third-order valence-electron chi connectivity index (χ3n) is 4.77. The molecule has 156 valence electrons. The molecule has 0 aliphatic carbocycles. The molecule has 1 aliphatic heterocycles. The normalized spacial score (nSPS) is 15.2. The Kier molecular flexibility index (Phi) is 7.46. The molecule has 2 atom stereocenters. The van der Waals surface area contributed by atoms with Gasteiger partial charge in [-0.25, -0.2) is 4.79 Å². The molecule has 1 N–H and O–H groups in total. The summed E-state index contributed by atoms with van der Waals surface area (Å²) in [5, 5.41) is 2.47. The van der Waals surface area contributed by atoms with Crippen molar-refractivity contribution in [3.63, 3.8) is 0 Å². The number of esters is 2. The summed E-state index contributed by atoms with van der Waals surface area (Å²) in [7, 11) is 1.22. The summed E-state index contributed by atoms with van der Waals surface area (Å²) in [5.74, 6) is -3.46. The van der Waals surface area contributed by atoms with E-state index in [0.717, 1.165) is 4.90 Å². The first-order valence-corrected chi connectivity index (χ1v) is 9.23. The van der Waals surface area contributed by atoms with Crippen LogP contribution in [-0.4, -0.2) is 60.9 Å². The Morgan fingerprint density at radius 2 is 1.90 bits per heavy atom. The molecular formula is C20H24N2O7. The fourth-order valence-corrected chi connectivity index (χ4v) is 2.89. The molecule has 0 fully saturated rings. The Hall–Kier alpha value is -3.23.